The van der Waals surface area contributed by atoms with Gasteiger partial charge in [-0.15, -0.1) is 0 Å². The van der Waals surface area contributed by atoms with Crippen molar-refractivity contribution in [2.45, 2.75) is 66.3 Å². The highest BCUT2D eigenvalue weighted by molar-refractivity contribution is 7.59. The number of nitrogens with one attached hydrogen (secondary N) is 3. The van der Waals surface area contributed by atoms with Gasteiger partial charge in [-0.3, -0.25) is 19.9 Å². The van der Waals surface area contributed by atoms with E-state index < -0.39 is 5.60 Å². The Morgan fingerprint density at radius 2 is 1.95 bits per heavy atom. The predicted molar refractivity (Wildman–Crippen MR) is 153 cm³/mol. The van der Waals surface area contributed by atoms with E-state index in [4.69, 9.17) is 10.1 Å². The number of carbonyl (C=O) groups excluding carboxylic acids is 1. The smallest absolute Gasteiger partial charge is 0.247 e. The van der Waals surface area contributed by atoms with Crippen LogP contribution < -0.4 is 15.5 Å². The fourth-order valence-electron chi connectivity index (χ4n) is 4.26. The minimum atomic E-state index is -0.442. The van der Waals surface area contributed by atoms with Gasteiger partial charge in [0.2, 0.25) is 17.8 Å². The van der Waals surface area contributed by atoms with Gasteiger partial charge in [0, 0.05) is 31.5 Å². The Morgan fingerprint density at radius 1 is 1.21 bits per heavy atom. The third-order valence-corrected chi connectivity index (χ3v) is 5.92. The van der Waals surface area contributed by atoms with Gasteiger partial charge in [-0.05, 0) is 45.2 Å². The molecular formula is C26H37N9O2S. The molecule has 1 aliphatic rings. The summed E-state index contributed by atoms with van der Waals surface area (Å²) >= 11 is 0. The van der Waals surface area contributed by atoms with E-state index in [1.54, 1.807) is 18.5 Å². The van der Waals surface area contributed by atoms with Crippen LogP contribution in [0.25, 0.3) is 0 Å². The first-order valence-corrected chi connectivity index (χ1v) is 12.3. The van der Waals surface area contributed by atoms with E-state index in [0.29, 0.717) is 41.9 Å². The summed E-state index contributed by atoms with van der Waals surface area (Å²) in [6.45, 7) is 12.7. The van der Waals surface area contributed by atoms with Crippen molar-refractivity contribution >= 4 is 42.8 Å². The minimum absolute atomic E-state index is 0. The molecule has 3 aromatic rings. The molecule has 1 aliphatic heterocycles. The Morgan fingerprint density at radius 3 is 2.58 bits per heavy atom. The maximum absolute atomic E-state index is 12.5. The number of anilines is 3. The van der Waals surface area contributed by atoms with Crippen molar-refractivity contribution in [3.63, 3.8) is 0 Å². The highest BCUT2D eigenvalue weighted by Crippen LogP contribution is 2.34. The molecule has 0 aromatic carbocycles. The van der Waals surface area contributed by atoms with Crippen LogP contribution in [0, 0.1) is 18.3 Å². The Kier molecular flexibility index (Phi) is 8.65. The predicted octanol–water partition coefficient (Wildman–Crippen LogP) is 3.70. The zero-order valence-corrected chi connectivity index (χ0v) is 24.0. The average molecular weight is 540 g/mol. The van der Waals surface area contributed by atoms with Crippen LogP contribution in [0.5, 0.6) is 0 Å². The summed E-state index contributed by atoms with van der Waals surface area (Å²) in [6, 6.07) is 3.42. The molecule has 0 radical (unpaired) electrons. The SMILES string of the molecule is Cc1nc(NCc2cnn(Cc3ccc(C(=N)OC(C)(C)C)nc3)c2)nc2c1NC(=O)[C@H](C(C)C)N2C.S. The van der Waals surface area contributed by atoms with Gasteiger partial charge in [-0.2, -0.15) is 23.6 Å². The first-order chi connectivity index (χ1) is 17.4. The molecule has 4 heterocycles. The number of fused-ring (bicyclic) bond motifs is 1. The molecule has 0 spiro atoms. The van der Waals surface area contributed by atoms with Crippen molar-refractivity contribution in [3.05, 3.63) is 53.2 Å². The van der Waals surface area contributed by atoms with Gasteiger partial charge < -0.3 is 20.3 Å². The largest absolute Gasteiger partial charge is 0.471 e. The highest BCUT2D eigenvalue weighted by atomic mass is 32.1. The number of ether oxygens (including phenoxy) is 1. The van der Waals surface area contributed by atoms with Crippen LogP contribution >= 0.6 is 13.5 Å². The normalized spacial score (nSPS) is 15.0. The van der Waals surface area contributed by atoms with Gasteiger partial charge in [0.05, 0.1) is 18.4 Å². The van der Waals surface area contributed by atoms with Crippen molar-refractivity contribution in [1.82, 2.24) is 24.7 Å². The molecule has 0 bridgehead atoms. The van der Waals surface area contributed by atoms with Gasteiger partial charge in [-0.1, -0.05) is 19.9 Å². The van der Waals surface area contributed by atoms with Gasteiger partial charge in [0.25, 0.3) is 0 Å². The summed E-state index contributed by atoms with van der Waals surface area (Å²) in [5, 5.41) is 18.8. The molecule has 0 fully saturated rings. The van der Waals surface area contributed by atoms with E-state index in [1.165, 1.54) is 0 Å². The van der Waals surface area contributed by atoms with Crippen LogP contribution in [0.15, 0.2) is 30.7 Å². The summed E-state index contributed by atoms with van der Waals surface area (Å²) in [5.74, 6) is 1.37. The lowest BCUT2D eigenvalue weighted by Gasteiger charge is -2.36. The molecule has 1 atom stereocenters. The lowest BCUT2D eigenvalue weighted by Crippen LogP contribution is -2.49. The monoisotopic (exact) mass is 539 g/mol. The van der Waals surface area contributed by atoms with Gasteiger partial charge in [-0.25, -0.2) is 4.98 Å². The van der Waals surface area contributed by atoms with Crippen LogP contribution in [-0.4, -0.2) is 55.2 Å². The van der Waals surface area contributed by atoms with Crippen LogP contribution in [0.3, 0.4) is 0 Å². The van der Waals surface area contributed by atoms with E-state index in [1.807, 2.05) is 70.4 Å². The first-order valence-electron chi connectivity index (χ1n) is 12.3. The minimum Gasteiger partial charge on any atom is -0.471 e. The Bertz CT molecular complexity index is 1300. The zero-order chi connectivity index (χ0) is 26.9. The first kappa shape index (κ1) is 28.9. The lowest BCUT2D eigenvalue weighted by molar-refractivity contribution is -0.118. The number of aromatic nitrogens is 5. The second-order valence-electron chi connectivity index (χ2n) is 10.6. The molecule has 12 heteroatoms. The second-order valence-corrected chi connectivity index (χ2v) is 10.6. The molecule has 4 rings (SSSR count). The number of hydrogen-bond acceptors (Lipinski definition) is 9. The molecule has 0 saturated carbocycles. The van der Waals surface area contributed by atoms with Gasteiger partial charge in [0.15, 0.2) is 5.82 Å². The Labute approximate surface area is 230 Å². The van der Waals surface area contributed by atoms with E-state index >= 15 is 0 Å². The third kappa shape index (κ3) is 6.60. The van der Waals surface area contributed by atoms with Crippen LogP contribution in [0.1, 0.15) is 57.1 Å². The number of hydrogen-bond donors (Lipinski definition) is 3. The standard InChI is InChI=1S/C26H35N9O2.H2S/c1-15(2)21-24(36)32-20-16(3)31-25(33-23(20)34(21)7)29-11-18-12-30-35(14-18)13-17-8-9-19(28-10-17)22(27)37-26(4,5)6;/h8-10,12,14-15,21,27H,11,13H2,1-7H3,(H,32,36)(H,29,31,33);1H2/t21-;/m0./s1. The Balaban J connectivity index is 0.00000400. The third-order valence-electron chi connectivity index (χ3n) is 5.92. The quantitative estimate of drug-likeness (QED) is 0.306. The number of carbonyl (C=O) groups is 1. The lowest BCUT2D eigenvalue weighted by atomic mass is 9.99. The topological polar surface area (TPSA) is 134 Å². The summed E-state index contributed by atoms with van der Waals surface area (Å²) < 4.78 is 7.41. The molecule has 0 saturated heterocycles. The van der Waals surface area contributed by atoms with Crippen molar-refractivity contribution in [3.8, 4) is 0 Å². The Hall–Kier alpha value is -3.67. The average Bonchev–Trinajstić information content (AvgIpc) is 3.25. The van der Waals surface area contributed by atoms with Crippen molar-refractivity contribution in [1.29, 1.82) is 5.41 Å². The molecule has 0 unspecified atom stereocenters. The summed E-state index contributed by atoms with van der Waals surface area (Å²) in [7, 11) is 1.89. The molecule has 0 aliphatic carbocycles. The zero-order valence-electron chi connectivity index (χ0n) is 23.0. The van der Waals surface area contributed by atoms with E-state index in [0.717, 1.165) is 11.1 Å². The number of likely N-dealkylation sites (N-methyl/N-ethyl adjacent to an activating group) is 1. The number of amides is 1. The summed E-state index contributed by atoms with van der Waals surface area (Å²) in [5.41, 5.74) is 3.36. The maximum Gasteiger partial charge on any atom is 0.247 e. The van der Waals surface area contributed by atoms with Crippen LogP contribution in [0.4, 0.5) is 17.5 Å². The van der Waals surface area contributed by atoms with E-state index in [2.05, 4.69) is 30.7 Å². The molecule has 38 heavy (non-hydrogen) atoms. The van der Waals surface area contributed by atoms with E-state index in [-0.39, 0.29) is 37.3 Å². The second kappa shape index (κ2) is 11.4. The number of aryl methyl sites for hydroxylation is 1. The molecule has 1 amide bonds. The number of rotatable bonds is 7. The molecule has 3 aromatic heterocycles. The number of pyridine rings is 1. The van der Waals surface area contributed by atoms with Crippen molar-refractivity contribution in [2.75, 3.05) is 22.6 Å². The van der Waals surface area contributed by atoms with Crippen molar-refractivity contribution < 1.29 is 9.53 Å². The molecule has 3 N–H and O–H groups in total. The highest BCUT2D eigenvalue weighted by Gasteiger charge is 2.35. The van der Waals surface area contributed by atoms with E-state index in [9.17, 15) is 4.79 Å². The maximum atomic E-state index is 12.5. The molecule has 204 valence electrons. The van der Waals surface area contributed by atoms with Gasteiger partial charge >= 0.3 is 0 Å². The summed E-state index contributed by atoms with van der Waals surface area (Å²) in [4.78, 5) is 28.0. The number of nitrogens with zero attached hydrogens (tertiary/aromatic N) is 6. The fourth-order valence-corrected chi connectivity index (χ4v) is 4.26. The van der Waals surface area contributed by atoms with Crippen molar-refractivity contribution in [2.24, 2.45) is 5.92 Å². The van der Waals surface area contributed by atoms with Crippen LogP contribution in [-0.2, 0) is 22.6 Å². The molecule has 11 nitrogen and oxygen atoms in total. The summed E-state index contributed by atoms with van der Waals surface area (Å²) in [6.07, 6.45) is 5.49. The van der Waals surface area contributed by atoms with Crippen LogP contribution in [0.2, 0.25) is 0 Å². The molecular weight excluding hydrogens is 502 g/mol. The van der Waals surface area contributed by atoms with Gasteiger partial charge in [0.1, 0.15) is 23.0 Å². The fraction of sp³-hybridized carbons (Fsp3) is 0.462.